The Bertz CT molecular complexity index is 748. The lowest BCUT2D eigenvalue weighted by Gasteiger charge is -2.10. The smallest absolute Gasteiger partial charge is 0.345 e. The van der Waals surface area contributed by atoms with E-state index < -0.39 is 22.0 Å². The highest BCUT2D eigenvalue weighted by molar-refractivity contribution is 7.89. The van der Waals surface area contributed by atoms with Crippen LogP contribution in [0.4, 0.5) is 0 Å². The molecule has 2 aromatic rings. The number of carboxylic acid groups (broad SMARTS) is 1. The van der Waals surface area contributed by atoms with Crippen LogP contribution in [0.25, 0.3) is 0 Å². The van der Waals surface area contributed by atoms with Gasteiger partial charge in [0.25, 0.3) is 0 Å². The molecule has 0 amide bonds. The molecule has 0 aromatic carbocycles. The van der Waals surface area contributed by atoms with Gasteiger partial charge >= 0.3 is 5.97 Å². The summed E-state index contributed by atoms with van der Waals surface area (Å²) in [4.78, 5) is 16.0. The van der Waals surface area contributed by atoms with E-state index in [1.54, 1.807) is 13.1 Å². The number of aromatic carboxylic acids is 1. The summed E-state index contributed by atoms with van der Waals surface area (Å²) in [6.07, 6.45) is 2.58. The number of carboxylic acids is 1. The summed E-state index contributed by atoms with van der Waals surface area (Å²) in [5, 5.41) is 10.8. The van der Waals surface area contributed by atoms with Gasteiger partial charge in [-0.1, -0.05) is 6.92 Å². The highest BCUT2D eigenvalue weighted by Crippen LogP contribution is 2.24. The van der Waals surface area contributed by atoms with Crippen molar-refractivity contribution >= 4 is 38.7 Å². The van der Waals surface area contributed by atoms with Crippen LogP contribution in [0.5, 0.6) is 0 Å². The van der Waals surface area contributed by atoms with Gasteiger partial charge in [-0.15, -0.1) is 22.7 Å². The molecule has 2 aromatic heterocycles. The van der Waals surface area contributed by atoms with Gasteiger partial charge in [0.05, 0.1) is 10.9 Å². The Kier molecular flexibility index (Phi) is 4.77. The molecule has 0 bridgehead atoms. The zero-order valence-electron chi connectivity index (χ0n) is 11.4. The first-order valence-corrected chi connectivity index (χ1v) is 9.30. The van der Waals surface area contributed by atoms with Gasteiger partial charge < -0.3 is 5.11 Å². The largest absolute Gasteiger partial charge is 0.477 e. The number of hydrogen-bond donors (Lipinski definition) is 2. The van der Waals surface area contributed by atoms with Crippen molar-refractivity contribution in [3.05, 3.63) is 32.4 Å². The van der Waals surface area contributed by atoms with Crippen molar-refractivity contribution in [2.45, 2.75) is 31.2 Å². The van der Waals surface area contributed by atoms with E-state index in [1.807, 2.05) is 6.92 Å². The van der Waals surface area contributed by atoms with Crippen LogP contribution in [0.15, 0.2) is 22.5 Å². The Labute approximate surface area is 130 Å². The molecule has 21 heavy (non-hydrogen) atoms. The lowest BCUT2D eigenvalue weighted by atomic mass is 10.4. The highest BCUT2D eigenvalue weighted by atomic mass is 32.2. The van der Waals surface area contributed by atoms with Crippen molar-refractivity contribution < 1.29 is 18.3 Å². The van der Waals surface area contributed by atoms with Gasteiger partial charge in [-0.05, 0) is 19.4 Å². The van der Waals surface area contributed by atoms with Crippen LogP contribution in [-0.2, 0) is 16.4 Å². The maximum atomic E-state index is 12.2. The molecule has 1 atom stereocenters. The second-order valence-corrected chi connectivity index (χ2v) is 8.09. The number of thiophene rings is 1. The van der Waals surface area contributed by atoms with E-state index in [0.29, 0.717) is 5.01 Å². The van der Waals surface area contributed by atoms with Crippen LogP contribution in [-0.4, -0.2) is 24.5 Å². The molecule has 9 heteroatoms. The minimum Gasteiger partial charge on any atom is -0.477 e. The molecule has 0 aliphatic heterocycles. The summed E-state index contributed by atoms with van der Waals surface area (Å²) in [5.74, 6) is -1.14. The van der Waals surface area contributed by atoms with E-state index in [0.717, 1.165) is 28.7 Å². The molecular weight excluding hydrogens is 332 g/mol. The van der Waals surface area contributed by atoms with Gasteiger partial charge in [-0.2, -0.15) is 0 Å². The van der Waals surface area contributed by atoms with E-state index in [4.69, 9.17) is 5.11 Å². The van der Waals surface area contributed by atoms with E-state index in [2.05, 4.69) is 9.71 Å². The first kappa shape index (κ1) is 16.1. The molecule has 2 N–H and O–H groups in total. The summed E-state index contributed by atoms with van der Waals surface area (Å²) in [6, 6.07) is 0.690. The number of hydrogen-bond acceptors (Lipinski definition) is 6. The van der Waals surface area contributed by atoms with Crippen LogP contribution in [0, 0.1) is 0 Å². The van der Waals surface area contributed by atoms with E-state index in [9.17, 15) is 13.2 Å². The van der Waals surface area contributed by atoms with Crippen molar-refractivity contribution in [1.29, 1.82) is 0 Å². The average molecular weight is 346 g/mol. The molecule has 0 aliphatic rings. The first-order chi connectivity index (χ1) is 9.83. The van der Waals surface area contributed by atoms with Gasteiger partial charge in [-0.3, -0.25) is 0 Å². The zero-order chi connectivity index (χ0) is 15.6. The predicted molar refractivity (Wildman–Crippen MR) is 81.5 cm³/mol. The Balaban J connectivity index is 2.17. The van der Waals surface area contributed by atoms with Crippen molar-refractivity contribution in [2.24, 2.45) is 0 Å². The van der Waals surface area contributed by atoms with E-state index >= 15 is 0 Å². The normalized spacial score (nSPS) is 13.2. The predicted octanol–water partition coefficient (Wildman–Crippen LogP) is 2.50. The van der Waals surface area contributed by atoms with E-state index in [1.165, 1.54) is 16.7 Å². The number of sulfonamides is 1. The molecule has 6 nitrogen and oxygen atoms in total. The zero-order valence-corrected chi connectivity index (χ0v) is 13.8. The van der Waals surface area contributed by atoms with Gasteiger partial charge in [-0.25, -0.2) is 22.9 Å². The maximum Gasteiger partial charge on any atom is 0.345 e. The molecule has 0 fully saturated rings. The van der Waals surface area contributed by atoms with Crippen LogP contribution >= 0.6 is 22.7 Å². The quantitative estimate of drug-likeness (QED) is 0.838. The second-order valence-electron chi connectivity index (χ2n) is 4.31. The Morgan fingerprint density at radius 1 is 1.52 bits per heavy atom. The van der Waals surface area contributed by atoms with Crippen molar-refractivity contribution in [3.8, 4) is 0 Å². The summed E-state index contributed by atoms with van der Waals surface area (Å²) >= 11 is 2.34. The molecule has 0 spiro atoms. The SMILES string of the molecule is CCc1cnc(C(C)NS(=O)(=O)c2csc(C(=O)O)c2)s1. The number of nitrogens with zero attached hydrogens (tertiary/aromatic N) is 1. The standard InChI is InChI=1S/C12H14N2O4S3/c1-3-8-5-13-11(20-8)7(2)14-21(17,18)9-4-10(12(15)16)19-6-9/h4-7,14H,3H2,1-2H3,(H,15,16). The molecule has 114 valence electrons. The summed E-state index contributed by atoms with van der Waals surface area (Å²) < 4.78 is 26.9. The fourth-order valence-electron chi connectivity index (χ4n) is 1.61. The molecule has 2 rings (SSSR count). The van der Waals surface area contributed by atoms with Gasteiger partial charge in [0.1, 0.15) is 9.88 Å². The van der Waals surface area contributed by atoms with Gasteiger partial charge in [0.15, 0.2) is 0 Å². The Morgan fingerprint density at radius 3 is 2.76 bits per heavy atom. The third-order valence-electron chi connectivity index (χ3n) is 2.72. The third-order valence-corrected chi connectivity index (χ3v) is 6.63. The third kappa shape index (κ3) is 3.67. The summed E-state index contributed by atoms with van der Waals surface area (Å²) in [6.45, 7) is 3.71. The fourth-order valence-corrected chi connectivity index (χ4v) is 4.86. The number of rotatable bonds is 6. The molecule has 0 saturated heterocycles. The Morgan fingerprint density at radius 2 is 2.24 bits per heavy atom. The molecular formula is C12H14N2O4S3. The highest BCUT2D eigenvalue weighted by Gasteiger charge is 2.22. The minimum atomic E-state index is -3.75. The first-order valence-electron chi connectivity index (χ1n) is 6.12. The number of aromatic nitrogens is 1. The van der Waals surface area contributed by atoms with Crippen LogP contribution < -0.4 is 4.72 Å². The van der Waals surface area contributed by atoms with E-state index in [-0.39, 0.29) is 9.77 Å². The van der Waals surface area contributed by atoms with Crippen LogP contribution in [0.1, 0.15) is 39.4 Å². The molecule has 0 aliphatic carbocycles. The number of carbonyl (C=O) groups is 1. The maximum absolute atomic E-state index is 12.2. The van der Waals surface area contributed by atoms with Crippen molar-refractivity contribution in [1.82, 2.24) is 9.71 Å². The van der Waals surface area contributed by atoms with Gasteiger partial charge in [0.2, 0.25) is 10.0 Å². The molecule has 0 radical (unpaired) electrons. The van der Waals surface area contributed by atoms with Crippen molar-refractivity contribution in [2.75, 3.05) is 0 Å². The molecule has 2 heterocycles. The fraction of sp³-hybridized carbons (Fsp3) is 0.333. The summed E-state index contributed by atoms with van der Waals surface area (Å²) in [5.41, 5.74) is 0. The monoisotopic (exact) mass is 346 g/mol. The number of nitrogens with one attached hydrogen (secondary N) is 1. The molecule has 0 saturated carbocycles. The molecule has 1 unspecified atom stereocenters. The minimum absolute atomic E-state index is 0.00875. The lowest BCUT2D eigenvalue weighted by Crippen LogP contribution is -2.26. The average Bonchev–Trinajstić information content (AvgIpc) is 3.07. The van der Waals surface area contributed by atoms with Crippen LogP contribution in [0.3, 0.4) is 0 Å². The van der Waals surface area contributed by atoms with Crippen molar-refractivity contribution in [3.63, 3.8) is 0 Å². The Hall–Kier alpha value is -1.29. The topological polar surface area (TPSA) is 96.4 Å². The lowest BCUT2D eigenvalue weighted by molar-refractivity contribution is 0.0702. The van der Waals surface area contributed by atoms with Gasteiger partial charge in [0, 0.05) is 16.5 Å². The number of thiazole rings is 1. The number of aryl methyl sites for hydroxylation is 1. The summed E-state index contributed by atoms with van der Waals surface area (Å²) in [7, 11) is -3.75. The van der Waals surface area contributed by atoms with Crippen LogP contribution in [0.2, 0.25) is 0 Å². The second kappa shape index (κ2) is 6.22.